The molecule has 0 spiro atoms. The van der Waals surface area contributed by atoms with Crippen molar-refractivity contribution < 1.29 is 14.3 Å². The summed E-state index contributed by atoms with van der Waals surface area (Å²) >= 11 is 0. The summed E-state index contributed by atoms with van der Waals surface area (Å²) in [6.45, 7) is 0.379. The van der Waals surface area contributed by atoms with Crippen molar-refractivity contribution in [2.24, 2.45) is 0 Å². The van der Waals surface area contributed by atoms with E-state index in [1.807, 2.05) is 6.07 Å². The average molecular weight is 287 g/mol. The molecule has 1 aromatic carbocycles. The Hall–Kier alpha value is -2.76. The molecule has 2 rings (SSSR count). The molecule has 0 saturated carbocycles. The summed E-state index contributed by atoms with van der Waals surface area (Å²) in [5.74, 6) is 0.785. The van der Waals surface area contributed by atoms with Crippen molar-refractivity contribution in [3.05, 3.63) is 47.7 Å². The van der Waals surface area contributed by atoms with Crippen molar-refractivity contribution in [1.29, 1.82) is 0 Å². The number of aromatic nitrogens is 1. The second-order valence-corrected chi connectivity index (χ2v) is 4.35. The fourth-order valence-electron chi connectivity index (χ4n) is 1.81. The topological polar surface area (TPSA) is 86.5 Å². The molecular weight excluding hydrogens is 270 g/mol. The van der Waals surface area contributed by atoms with Crippen LogP contribution in [0.1, 0.15) is 15.9 Å². The Morgan fingerprint density at radius 1 is 1.24 bits per heavy atom. The molecule has 1 aromatic heterocycles. The van der Waals surface area contributed by atoms with Crippen LogP contribution in [-0.2, 0) is 6.54 Å². The number of nitrogens with zero attached hydrogens (tertiary/aromatic N) is 1. The van der Waals surface area contributed by atoms with E-state index in [1.54, 1.807) is 37.6 Å². The van der Waals surface area contributed by atoms with Gasteiger partial charge in [0.1, 0.15) is 5.75 Å². The number of ether oxygens (including phenoxy) is 2. The van der Waals surface area contributed by atoms with Crippen molar-refractivity contribution in [2.75, 3.05) is 20.0 Å². The maximum atomic E-state index is 12.1. The van der Waals surface area contributed by atoms with E-state index < -0.39 is 0 Å². The first-order valence-electron chi connectivity index (χ1n) is 6.34. The van der Waals surface area contributed by atoms with Gasteiger partial charge in [-0.25, -0.2) is 4.98 Å². The van der Waals surface area contributed by atoms with Crippen LogP contribution in [0.25, 0.3) is 0 Å². The highest BCUT2D eigenvalue weighted by Gasteiger charge is 2.09. The quantitative estimate of drug-likeness (QED) is 0.816. The van der Waals surface area contributed by atoms with E-state index in [0.717, 1.165) is 5.56 Å². The first-order valence-corrected chi connectivity index (χ1v) is 6.34. The third kappa shape index (κ3) is 3.62. The third-order valence-electron chi connectivity index (χ3n) is 2.96. The van der Waals surface area contributed by atoms with E-state index in [2.05, 4.69) is 10.3 Å². The van der Waals surface area contributed by atoms with Crippen molar-refractivity contribution in [2.45, 2.75) is 6.54 Å². The minimum atomic E-state index is -0.205. The van der Waals surface area contributed by atoms with Gasteiger partial charge < -0.3 is 20.5 Å². The summed E-state index contributed by atoms with van der Waals surface area (Å²) in [6.07, 6.45) is 1.63. The molecule has 6 nitrogen and oxygen atoms in total. The van der Waals surface area contributed by atoms with E-state index in [0.29, 0.717) is 29.4 Å². The number of nitrogens with two attached hydrogens (primary N) is 1. The number of rotatable bonds is 5. The lowest BCUT2D eigenvalue weighted by Gasteiger charge is -2.09. The van der Waals surface area contributed by atoms with Crippen LogP contribution in [0.4, 0.5) is 5.69 Å². The molecule has 3 N–H and O–H groups in total. The first-order chi connectivity index (χ1) is 10.1. The van der Waals surface area contributed by atoms with E-state index in [9.17, 15) is 4.79 Å². The zero-order chi connectivity index (χ0) is 15.2. The van der Waals surface area contributed by atoms with Crippen LogP contribution < -0.4 is 20.5 Å². The van der Waals surface area contributed by atoms with Gasteiger partial charge in [-0.3, -0.25) is 4.79 Å². The van der Waals surface area contributed by atoms with Gasteiger partial charge in [-0.05, 0) is 29.8 Å². The van der Waals surface area contributed by atoms with Crippen molar-refractivity contribution in [3.63, 3.8) is 0 Å². The van der Waals surface area contributed by atoms with Gasteiger partial charge in [0.05, 0.1) is 19.9 Å². The zero-order valence-corrected chi connectivity index (χ0v) is 11.9. The van der Waals surface area contributed by atoms with Crippen molar-refractivity contribution >= 4 is 11.6 Å². The van der Waals surface area contributed by atoms with E-state index in [-0.39, 0.29) is 5.91 Å². The molecule has 2 aromatic rings. The molecule has 0 radical (unpaired) electrons. The average Bonchev–Trinajstić information content (AvgIpc) is 2.53. The predicted molar refractivity (Wildman–Crippen MR) is 79.4 cm³/mol. The predicted octanol–water partition coefficient (Wildman–Crippen LogP) is 1.61. The fourth-order valence-corrected chi connectivity index (χ4v) is 1.81. The minimum Gasteiger partial charge on any atom is -0.495 e. The number of hydrogen-bond acceptors (Lipinski definition) is 5. The normalized spacial score (nSPS) is 10.0. The molecule has 0 saturated heterocycles. The van der Waals surface area contributed by atoms with Crippen LogP contribution in [0.15, 0.2) is 36.5 Å². The number of amides is 1. The monoisotopic (exact) mass is 287 g/mol. The third-order valence-corrected chi connectivity index (χ3v) is 2.96. The molecule has 6 heteroatoms. The van der Waals surface area contributed by atoms with Gasteiger partial charge in [0, 0.05) is 24.4 Å². The number of nitrogens with one attached hydrogen (secondary N) is 1. The van der Waals surface area contributed by atoms with E-state index in [1.165, 1.54) is 7.11 Å². The van der Waals surface area contributed by atoms with Gasteiger partial charge in [0.2, 0.25) is 5.88 Å². The first kappa shape index (κ1) is 14.6. The number of methoxy groups -OCH3 is 2. The highest BCUT2D eigenvalue weighted by atomic mass is 16.5. The molecular formula is C15H17N3O3. The van der Waals surface area contributed by atoms with Crippen LogP contribution in [0.2, 0.25) is 0 Å². The number of carbonyl (C=O) groups is 1. The lowest BCUT2D eigenvalue weighted by Crippen LogP contribution is -2.22. The smallest absolute Gasteiger partial charge is 0.251 e. The highest BCUT2D eigenvalue weighted by molar-refractivity contribution is 5.95. The maximum absolute atomic E-state index is 12.1. The molecule has 0 aliphatic rings. The van der Waals surface area contributed by atoms with E-state index >= 15 is 0 Å². The maximum Gasteiger partial charge on any atom is 0.251 e. The van der Waals surface area contributed by atoms with Gasteiger partial charge in [-0.1, -0.05) is 0 Å². The summed E-state index contributed by atoms with van der Waals surface area (Å²) in [4.78, 5) is 16.1. The van der Waals surface area contributed by atoms with Gasteiger partial charge >= 0.3 is 0 Å². The summed E-state index contributed by atoms with van der Waals surface area (Å²) in [5, 5.41) is 2.82. The minimum absolute atomic E-state index is 0.205. The summed E-state index contributed by atoms with van der Waals surface area (Å²) in [5.41, 5.74) is 7.60. The standard InChI is InChI=1S/C15H17N3O3/c1-20-13-8-11(3-4-12(13)16)15(19)18-9-10-5-6-17-14(7-10)21-2/h3-8H,9,16H2,1-2H3,(H,18,19). The van der Waals surface area contributed by atoms with Crippen LogP contribution in [0.3, 0.4) is 0 Å². The number of anilines is 1. The number of nitrogen functional groups attached to an aromatic ring is 1. The number of hydrogen-bond donors (Lipinski definition) is 2. The van der Waals surface area contributed by atoms with Gasteiger partial charge in [-0.15, -0.1) is 0 Å². The molecule has 0 atom stereocenters. The summed E-state index contributed by atoms with van der Waals surface area (Å²) in [7, 11) is 3.06. The zero-order valence-electron chi connectivity index (χ0n) is 11.9. The second kappa shape index (κ2) is 6.60. The molecule has 21 heavy (non-hydrogen) atoms. The molecule has 0 unspecified atom stereocenters. The number of carbonyl (C=O) groups excluding carboxylic acids is 1. The Morgan fingerprint density at radius 3 is 2.76 bits per heavy atom. The molecule has 0 fully saturated rings. The Labute approximate surface area is 122 Å². The number of benzene rings is 1. The molecule has 110 valence electrons. The molecule has 0 aliphatic heterocycles. The second-order valence-electron chi connectivity index (χ2n) is 4.35. The summed E-state index contributed by atoms with van der Waals surface area (Å²) in [6, 6.07) is 8.48. The lowest BCUT2D eigenvalue weighted by molar-refractivity contribution is 0.0950. The number of pyridine rings is 1. The molecule has 0 aliphatic carbocycles. The molecule has 0 bridgehead atoms. The van der Waals surface area contributed by atoms with Gasteiger partial charge in [-0.2, -0.15) is 0 Å². The van der Waals surface area contributed by atoms with Crippen LogP contribution in [0.5, 0.6) is 11.6 Å². The molecule has 1 amide bonds. The largest absolute Gasteiger partial charge is 0.495 e. The Kier molecular flexibility index (Phi) is 4.61. The van der Waals surface area contributed by atoms with Crippen LogP contribution in [-0.4, -0.2) is 25.1 Å². The van der Waals surface area contributed by atoms with Gasteiger partial charge in [0.15, 0.2) is 0 Å². The van der Waals surface area contributed by atoms with E-state index in [4.69, 9.17) is 15.2 Å². The SMILES string of the molecule is COc1cc(CNC(=O)c2ccc(N)c(OC)c2)ccn1. The Morgan fingerprint density at radius 2 is 2.05 bits per heavy atom. The molecule has 1 heterocycles. The summed E-state index contributed by atoms with van der Waals surface area (Å²) < 4.78 is 10.1. The van der Waals surface area contributed by atoms with Crippen molar-refractivity contribution in [3.8, 4) is 11.6 Å². The Bertz CT molecular complexity index is 644. The van der Waals surface area contributed by atoms with Gasteiger partial charge in [0.25, 0.3) is 5.91 Å². The van der Waals surface area contributed by atoms with Crippen molar-refractivity contribution in [1.82, 2.24) is 10.3 Å². The Balaban J connectivity index is 2.04. The lowest BCUT2D eigenvalue weighted by atomic mass is 10.1. The highest BCUT2D eigenvalue weighted by Crippen LogP contribution is 2.22. The fraction of sp³-hybridized carbons (Fsp3) is 0.200. The van der Waals surface area contributed by atoms with Crippen LogP contribution in [0, 0.1) is 0 Å². The van der Waals surface area contributed by atoms with Crippen LogP contribution >= 0.6 is 0 Å².